The van der Waals surface area contributed by atoms with E-state index in [0.717, 1.165) is 48.9 Å². The van der Waals surface area contributed by atoms with Crippen molar-refractivity contribution in [3.05, 3.63) is 55.4 Å². The minimum Gasteiger partial charge on any atom is -0.353 e. The van der Waals surface area contributed by atoms with Crippen LogP contribution in [0.3, 0.4) is 0 Å². The molecule has 1 unspecified atom stereocenters. The molecule has 1 aliphatic heterocycles. The lowest BCUT2D eigenvalue weighted by Gasteiger charge is -2.37. The number of hydrogen-bond donors (Lipinski definition) is 2. The normalized spacial score (nSPS) is 16.0. The van der Waals surface area contributed by atoms with E-state index in [-0.39, 0.29) is 11.9 Å². The van der Waals surface area contributed by atoms with Crippen LogP contribution in [-0.4, -0.2) is 63.0 Å². The van der Waals surface area contributed by atoms with Gasteiger partial charge in [0.15, 0.2) is 0 Å². The first kappa shape index (κ1) is 18.1. The lowest BCUT2D eigenvalue weighted by molar-refractivity contribution is -0.120. The highest BCUT2D eigenvalue weighted by atomic mass is 16.2. The average Bonchev–Trinajstić information content (AvgIpc) is 3.29. The number of aromatic amines is 1. The fraction of sp³-hybridized carbons (Fsp3) is 0.300. The van der Waals surface area contributed by atoms with Crippen LogP contribution in [0.15, 0.2) is 55.4 Å². The molecular formula is C20H23N7O. The van der Waals surface area contributed by atoms with Crippen LogP contribution in [0.2, 0.25) is 0 Å². The summed E-state index contributed by atoms with van der Waals surface area (Å²) in [6, 6.07) is 7.55. The Morgan fingerprint density at radius 3 is 2.50 bits per heavy atom. The van der Waals surface area contributed by atoms with Gasteiger partial charge >= 0.3 is 0 Å². The molecule has 3 heterocycles. The second kappa shape index (κ2) is 8.18. The van der Waals surface area contributed by atoms with E-state index in [9.17, 15) is 4.79 Å². The zero-order valence-corrected chi connectivity index (χ0v) is 15.7. The smallest absolute Gasteiger partial charge is 0.241 e. The van der Waals surface area contributed by atoms with Crippen molar-refractivity contribution >= 4 is 17.4 Å². The van der Waals surface area contributed by atoms with Crippen LogP contribution in [0.5, 0.6) is 0 Å². The van der Waals surface area contributed by atoms with Crippen LogP contribution in [0.1, 0.15) is 6.92 Å². The number of rotatable bonds is 5. The van der Waals surface area contributed by atoms with Crippen molar-refractivity contribution in [2.45, 2.75) is 13.0 Å². The maximum absolute atomic E-state index is 12.7. The van der Waals surface area contributed by atoms with Gasteiger partial charge in [0, 0.05) is 44.3 Å². The lowest BCUT2D eigenvalue weighted by Crippen LogP contribution is -2.53. The van der Waals surface area contributed by atoms with Crippen molar-refractivity contribution < 1.29 is 4.79 Å². The minimum atomic E-state index is -0.198. The van der Waals surface area contributed by atoms with Crippen molar-refractivity contribution in [2.24, 2.45) is 0 Å². The van der Waals surface area contributed by atoms with Gasteiger partial charge in [0.05, 0.1) is 30.5 Å². The van der Waals surface area contributed by atoms with Gasteiger partial charge in [0.2, 0.25) is 5.91 Å². The van der Waals surface area contributed by atoms with E-state index in [1.807, 2.05) is 31.2 Å². The van der Waals surface area contributed by atoms with Crippen molar-refractivity contribution in [2.75, 3.05) is 36.4 Å². The number of carbonyl (C=O) groups excluding carboxylic acids is 1. The molecule has 1 fully saturated rings. The Kier molecular flexibility index (Phi) is 5.29. The third kappa shape index (κ3) is 4.01. The number of aromatic nitrogens is 4. The number of piperazine rings is 1. The predicted octanol–water partition coefficient (Wildman–Crippen LogP) is 2.02. The third-order valence-electron chi connectivity index (χ3n) is 5.08. The fourth-order valence-electron chi connectivity index (χ4n) is 3.35. The first-order chi connectivity index (χ1) is 13.7. The number of imidazole rings is 1. The number of nitrogens with zero attached hydrogens (tertiary/aromatic N) is 5. The van der Waals surface area contributed by atoms with Gasteiger partial charge < -0.3 is 15.2 Å². The number of H-pyrrole nitrogens is 1. The van der Waals surface area contributed by atoms with Gasteiger partial charge in [-0.25, -0.2) is 9.97 Å². The van der Waals surface area contributed by atoms with E-state index < -0.39 is 0 Å². The minimum absolute atomic E-state index is 0.00208. The second-order valence-electron chi connectivity index (χ2n) is 6.79. The van der Waals surface area contributed by atoms with Crippen LogP contribution in [-0.2, 0) is 4.79 Å². The summed E-state index contributed by atoms with van der Waals surface area (Å²) in [7, 11) is 0. The van der Waals surface area contributed by atoms with Crippen molar-refractivity contribution in [3.8, 4) is 11.3 Å². The molecule has 0 bridgehead atoms. The van der Waals surface area contributed by atoms with Crippen LogP contribution in [0.4, 0.5) is 11.5 Å². The number of benzene rings is 1. The summed E-state index contributed by atoms with van der Waals surface area (Å²) in [5.41, 5.74) is 2.77. The number of carbonyl (C=O) groups is 1. The molecule has 0 radical (unpaired) electrons. The first-order valence-electron chi connectivity index (χ1n) is 9.35. The Morgan fingerprint density at radius 2 is 1.86 bits per heavy atom. The number of hydrogen-bond acceptors (Lipinski definition) is 6. The lowest BCUT2D eigenvalue weighted by atomic mass is 10.1. The summed E-state index contributed by atoms with van der Waals surface area (Å²) in [6.45, 7) is 5.23. The molecule has 1 amide bonds. The van der Waals surface area contributed by atoms with E-state index in [1.165, 1.54) is 0 Å². The van der Waals surface area contributed by atoms with E-state index in [4.69, 9.17) is 0 Å². The Labute approximate surface area is 163 Å². The zero-order valence-electron chi connectivity index (χ0n) is 15.7. The SMILES string of the molecule is CC(C(=O)Nc1ccc(-c2cnc[nH]2)cc1)N1CCN(c2cnccn2)CC1. The van der Waals surface area contributed by atoms with Crippen LogP contribution >= 0.6 is 0 Å². The van der Waals surface area contributed by atoms with E-state index >= 15 is 0 Å². The van der Waals surface area contributed by atoms with Crippen LogP contribution < -0.4 is 10.2 Å². The molecule has 8 heteroatoms. The average molecular weight is 377 g/mol. The van der Waals surface area contributed by atoms with Gasteiger partial charge in [-0.3, -0.25) is 14.7 Å². The molecule has 144 valence electrons. The molecule has 4 rings (SSSR count). The van der Waals surface area contributed by atoms with E-state index in [0.29, 0.717) is 0 Å². The molecule has 2 aromatic heterocycles. The molecule has 1 aromatic carbocycles. The Balaban J connectivity index is 1.31. The van der Waals surface area contributed by atoms with Gasteiger partial charge in [-0.05, 0) is 24.6 Å². The molecule has 3 aromatic rings. The molecule has 1 aliphatic rings. The van der Waals surface area contributed by atoms with Gasteiger partial charge in [0.25, 0.3) is 0 Å². The predicted molar refractivity (Wildman–Crippen MR) is 108 cm³/mol. The largest absolute Gasteiger partial charge is 0.353 e. The van der Waals surface area contributed by atoms with Gasteiger partial charge in [-0.2, -0.15) is 0 Å². The third-order valence-corrected chi connectivity index (χ3v) is 5.08. The quantitative estimate of drug-likeness (QED) is 0.707. The van der Waals surface area contributed by atoms with Gasteiger partial charge in [-0.1, -0.05) is 12.1 Å². The Bertz CT molecular complexity index is 888. The monoisotopic (exact) mass is 377 g/mol. The molecule has 1 atom stereocenters. The first-order valence-corrected chi connectivity index (χ1v) is 9.35. The standard InChI is InChI=1S/C20H23N7O/c1-15(26-8-10-27(11-9-26)19-13-21-6-7-23-19)20(28)25-17-4-2-16(3-5-17)18-12-22-14-24-18/h2-7,12-15H,8-11H2,1H3,(H,22,24)(H,25,28). The molecule has 0 aliphatic carbocycles. The molecule has 1 saturated heterocycles. The number of amides is 1. The van der Waals surface area contributed by atoms with Crippen LogP contribution in [0, 0.1) is 0 Å². The molecular weight excluding hydrogens is 354 g/mol. The Hall–Kier alpha value is -3.26. The molecule has 28 heavy (non-hydrogen) atoms. The summed E-state index contributed by atoms with van der Waals surface area (Å²) in [6.07, 6.45) is 8.58. The maximum Gasteiger partial charge on any atom is 0.241 e. The molecule has 2 N–H and O–H groups in total. The van der Waals surface area contributed by atoms with Gasteiger partial charge in [0.1, 0.15) is 5.82 Å². The number of anilines is 2. The fourth-order valence-corrected chi connectivity index (χ4v) is 3.35. The second-order valence-corrected chi connectivity index (χ2v) is 6.79. The van der Waals surface area contributed by atoms with E-state index in [1.54, 1.807) is 31.1 Å². The summed E-state index contributed by atoms with van der Waals surface area (Å²) >= 11 is 0. The Morgan fingerprint density at radius 1 is 1.07 bits per heavy atom. The molecule has 0 spiro atoms. The van der Waals surface area contributed by atoms with Gasteiger partial charge in [-0.15, -0.1) is 0 Å². The zero-order chi connectivity index (χ0) is 19.3. The van der Waals surface area contributed by atoms with Crippen LogP contribution in [0.25, 0.3) is 11.3 Å². The summed E-state index contributed by atoms with van der Waals surface area (Å²) in [4.78, 5) is 32.6. The summed E-state index contributed by atoms with van der Waals surface area (Å²) < 4.78 is 0. The van der Waals surface area contributed by atoms with Crippen molar-refractivity contribution in [1.82, 2.24) is 24.8 Å². The topological polar surface area (TPSA) is 90.0 Å². The molecule has 8 nitrogen and oxygen atoms in total. The summed E-state index contributed by atoms with van der Waals surface area (Å²) in [5.74, 6) is 0.888. The molecule has 0 saturated carbocycles. The highest BCUT2D eigenvalue weighted by Crippen LogP contribution is 2.19. The maximum atomic E-state index is 12.7. The highest BCUT2D eigenvalue weighted by molar-refractivity contribution is 5.94. The number of nitrogens with one attached hydrogen (secondary N) is 2. The summed E-state index contributed by atoms with van der Waals surface area (Å²) in [5, 5.41) is 3.01. The van der Waals surface area contributed by atoms with E-state index in [2.05, 4.69) is 35.1 Å². The highest BCUT2D eigenvalue weighted by Gasteiger charge is 2.26. The van der Waals surface area contributed by atoms with Crippen molar-refractivity contribution in [1.29, 1.82) is 0 Å². The van der Waals surface area contributed by atoms with Crippen molar-refractivity contribution in [3.63, 3.8) is 0 Å².